The molecule has 0 aliphatic carbocycles. The second-order valence-electron chi connectivity index (χ2n) is 9.95. The van der Waals surface area contributed by atoms with E-state index >= 15 is 0 Å². The maximum Gasteiger partial charge on any atom is 0.254 e. The topological polar surface area (TPSA) is 27.7 Å². The quantitative estimate of drug-likeness (QED) is 0.182. The average molecular weight is 420 g/mol. The predicted molar refractivity (Wildman–Crippen MR) is 119 cm³/mol. The smallest absolute Gasteiger partial charge is 0.254 e. The van der Waals surface area contributed by atoms with Crippen LogP contribution in [0.3, 0.4) is 0 Å². The highest BCUT2D eigenvalue weighted by Crippen LogP contribution is 2.33. The van der Waals surface area contributed by atoms with Crippen LogP contribution in [0.25, 0.3) is 0 Å². The van der Waals surface area contributed by atoms with Crippen LogP contribution in [0.2, 0.25) is 65.0 Å². The van der Waals surface area contributed by atoms with Gasteiger partial charge in [0.1, 0.15) is 0 Å². The number of rotatable bonds is 14. The second kappa shape index (κ2) is 10.9. The molecule has 0 amide bonds. The summed E-state index contributed by atoms with van der Waals surface area (Å²) in [5, 5.41) is 0. The molecule has 25 heavy (non-hydrogen) atoms. The summed E-state index contributed by atoms with van der Waals surface area (Å²) in [7, 11) is -1.82. The third-order valence-electron chi connectivity index (χ3n) is 3.29. The average Bonchev–Trinajstić information content (AvgIpc) is 2.31. The molecule has 7 heteroatoms. The summed E-state index contributed by atoms with van der Waals surface area (Å²) >= 11 is 0. The van der Waals surface area contributed by atoms with Crippen LogP contribution in [0, 0.1) is 0 Å². The number of unbranched alkanes of at least 4 members (excludes halogenated alkanes) is 5. The molecular weight excluding hydrogens is 377 g/mol. The standard InChI is InChI=1S/C18H43O3Si4/c1-23(2,3)19-18(20-24(4,5)6,21-25(7,8)9)16-14-12-10-11-13-15-17-22/h10-17H2,1-9H3. The van der Waals surface area contributed by atoms with Crippen LogP contribution in [0.1, 0.15) is 44.9 Å². The summed E-state index contributed by atoms with van der Waals surface area (Å²) in [5.41, 5.74) is 0. The number of hydrogen-bond donors (Lipinski definition) is 0. The molecule has 0 aliphatic rings. The normalized spacial score (nSPS) is 14.2. The summed E-state index contributed by atoms with van der Waals surface area (Å²) in [4.78, 5) is 0. The Kier molecular flexibility index (Phi) is 11.2. The molecule has 0 unspecified atom stereocenters. The molecule has 3 nitrogen and oxygen atoms in total. The van der Waals surface area contributed by atoms with Crippen molar-refractivity contribution in [1.82, 2.24) is 0 Å². The van der Waals surface area contributed by atoms with Crippen molar-refractivity contribution in [3.8, 4) is 0 Å². The van der Waals surface area contributed by atoms with Crippen molar-refractivity contribution in [2.45, 2.75) is 116 Å². The van der Waals surface area contributed by atoms with Gasteiger partial charge in [0.2, 0.25) is 0 Å². The maximum atomic E-state index is 6.58. The lowest BCUT2D eigenvalue weighted by Crippen LogP contribution is -2.55. The van der Waals surface area contributed by atoms with Gasteiger partial charge in [-0.1, -0.05) is 38.1 Å². The van der Waals surface area contributed by atoms with Gasteiger partial charge >= 0.3 is 0 Å². The Morgan fingerprint density at radius 2 is 0.880 bits per heavy atom. The highest BCUT2D eigenvalue weighted by Gasteiger charge is 2.44. The Bertz CT molecular complexity index is 316. The van der Waals surface area contributed by atoms with Gasteiger partial charge in [-0.3, -0.25) is 0 Å². The molecular formula is C18H43O3Si4. The van der Waals surface area contributed by atoms with E-state index < -0.39 is 30.9 Å². The van der Waals surface area contributed by atoms with Gasteiger partial charge in [-0.15, -0.1) is 0 Å². The highest BCUT2D eigenvalue weighted by atomic mass is 28.4. The van der Waals surface area contributed by atoms with Crippen LogP contribution in [-0.2, 0) is 13.3 Å². The van der Waals surface area contributed by atoms with Crippen molar-refractivity contribution in [2.75, 3.05) is 0 Å². The van der Waals surface area contributed by atoms with Gasteiger partial charge in [0.05, 0.1) is 0 Å². The summed E-state index contributed by atoms with van der Waals surface area (Å²) in [6.07, 6.45) is 8.37. The Morgan fingerprint density at radius 3 is 1.20 bits per heavy atom. The first-order valence-electron chi connectivity index (χ1n) is 9.93. The minimum absolute atomic E-state index is 0.824. The van der Waals surface area contributed by atoms with Crippen LogP contribution in [0.4, 0.5) is 0 Å². The van der Waals surface area contributed by atoms with E-state index in [4.69, 9.17) is 13.3 Å². The van der Waals surface area contributed by atoms with Crippen LogP contribution in [-0.4, -0.2) is 41.2 Å². The fourth-order valence-electron chi connectivity index (χ4n) is 2.79. The van der Waals surface area contributed by atoms with E-state index in [1.54, 1.807) is 0 Å². The molecule has 0 aromatic heterocycles. The zero-order chi connectivity index (χ0) is 19.8. The van der Waals surface area contributed by atoms with Crippen molar-refractivity contribution in [2.24, 2.45) is 0 Å². The minimum atomic E-state index is -1.79. The van der Waals surface area contributed by atoms with Gasteiger partial charge in [-0.2, -0.15) is 0 Å². The van der Waals surface area contributed by atoms with Crippen LogP contribution in [0.15, 0.2) is 0 Å². The summed E-state index contributed by atoms with van der Waals surface area (Å²) in [6, 6.07) is 1.11. The molecule has 0 fully saturated rings. The SMILES string of the molecule is C[Si](C)(C)OC(CCCCCCCC[Si])(O[Si](C)(C)C)O[Si](C)(C)C. The lowest BCUT2D eigenvalue weighted by Gasteiger charge is -2.45. The molecule has 0 saturated carbocycles. The summed E-state index contributed by atoms with van der Waals surface area (Å²) < 4.78 is 19.7. The van der Waals surface area contributed by atoms with Crippen molar-refractivity contribution < 1.29 is 13.3 Å². The molecule has 0 aromatic rings. The van der Waals surface area contributed by atoms with E-state index in [9.17, 15) is 0 Å². The zero-order valence-corrected chi connectivity index (χ0v) is 22.4. The third kappa shape index (κ3) is 15.5. The monoisotopic (exact) mass is 419 g/mol. The van der Waals surface area contributed by atoms with E-state index in [0.717, 1.165) is 18.9 Å². The van der Waals surface area contributed by atoms with E-state index in [-0.39, 0.29) is 0 Å². The Hall–Kier alpha value is 0.748. The molecule has 0 aliphatic heterocycles. The first-order valence-corrected chi connectivity index (χ1v) is 20.9. The molecule has 3 radical (unpaired) electrons. The summed E-state index contributed by atoms with van der Waals surface area (Å²) in [5.74, 6) is -0.824. The van der Waals surface area contributed by atoms with Crippen LogP contribution in [0.5, 0.6) is 0 Å². The first kappa shape index (κ1) is 25.7. The zero-order valence-electron chi connectivity index (χ0n) is 18.4. The lowest BCUT2D eigenvalue weighted by molar-refractivity contribution is -0.274. The van der Waals surface area contributed by atoms with Crippen LogP contribution >= 0.6 is 0 Å². The van der Waals surface area contributed by atoms with E-state index in [1.165, 1.54) is 32.1 Å². The number of hydrogen-bond acceptors (Lipinski definition) is 3. The Labute approximate surface area is 164 Å². The van der Waals surface area contributed by atoms with Crippen molar-refractivity contribution >= 4 is 35.2 Å². The van der Waals surface area contributed by atoms with E-state index in [2.05, 4.69) is 69.2 Å². The van der Waals surface area contributed by atoms with E-state index in [0.29, 0.717) is 0 Å². The van der Waals surface area contributed by atoms with Crippen molar-refractivity contribution in [3.05, 3.63) is 0 Å². The minimum Gasteiger partial charge on any atom is -0.371 e. The fourth-order valence-corrected chi connectivity index (χ4v) is 6.64. The van der Waals surface area contributed by atoms with E-state index in [1.807, 2.05) is 0 Å². The second-order valence-corrected chi connectivity index (χ2v) is 23.7. The van der Waals surface area contributed by atoms with Crippen molar-refractivity contribution in [1.29, 1.82) is 0 Å². The molecule has 0 atom stereocenters. The maximum absolute atomic E-state index is 6.58. The third-order valence-corrected chi connectivity index (χ3v) is 6.42. The lowest BCUT2D eigenvalue weighted by atomic mass is 10.1. The Morgan fingerprint density at radius 1 is 0.560 bits per heavy atom. The largest absolute Gasteiger partial charge is 0.371 e. The highest BCUT2D eigenvalue weighted by molar-refractivity contribution is 6.72. The molecule has 0 bridgehead atoms. The van der Waals surface area contributed by atoms with Gasteiger partial charge in [0, 0.05) is 16.7 Å². The molecule has 0 aromatic carbocycles. The van der Waals surface area contributed by atoms with Gasteiger partial charge in [-0.25, -0.2) is 0 Å². The molecule has 0 saturated heterocycles. The molecule has 0 N–H and O–H groups in total. The molecule has 0 heterocycles. The molecule has 0 spiro atoms. The first-order chi connectivity index (χ1) is 11.2. The van der Waals surface area contributed by atoms with Gasteiger partial charge < -0.3 is 13.3 Å². The van der Waals surface area contributed by atoms with Gasteiger partial charge in [0.15, 0.2) is 25.0 Å². The van der Waals surface area contributed by atoms with Gasteiger partial charge in [0.25, 0.3) is 5.97 Å². The predicted octanol–water partition coefficient (Wildman–Crippen LogP) is 6.51. The molecule has 0 rings (SSSR count). The van der Waals surface area contributed by atoms with Gasteiger partial charge in [-0.05, 0) is 65.3 Å². The summed E-state index contributed by atoms with van der Waals surface area (Å²) in [6.45, 7) is 20.0. The van der Waals surface area contributed by atoms with Crippen molar-refractivity contribution in [3.63, 3.8) is 0 Å². The fraction of sp³-hybridized carbons (Fsp3) is 1.00. The molecule has 149 valence electrons. The van der Waals surface area contributed by atoms with Crippen LogP contribution < -0.4 is 0 Å². The Balaban J connectivity index is 4.99.